The van der Waals surface area contributed by atoms with Crippen LogP contribution in [0.2, 0.25) is 0 Å². The third-order valence-corrected chi connectivity index (χ3v) is 3.60. The number of carbonyl (C=O) groups is 2. The molecular weight excluding hydrogens is 324 g/mol. The van der Waals surface area contributed by atoms with Crippen LogP contribution in [-0.2, 0) is 4.79 Å². The fourth-order valence-corrected chi connectivity index (χ4v) is 2.17. The highest BCUT2D eigenvalue weighted by atomic mass is 16.6. The van der Waals surface area contributed by atoms with Gasteiger partial charge in [-0.3, -0.25) is 19.7 Å². The van der Waals surface area contributed by atoms with Gasteiger partial charge in [-0.25, -0.2) is 0 Å². The van der Waals surface area contributed by atoms with Gasteiger partial charge in [0.15, 0.2) is 11.9 Å². The molecule has 7 nitrogen and oxygen atoms in total. The summed E-state index contributed by atoms with van der Waals surface area (Å²) in [4.78, 5) is 34.1. The number of carbonyl (C=O) groups excluding carboxylic acids is 2. The smallest absolute Gasteiger partial charge is 0.274 e. The number of nitrogens with zero attached hydrogens (tertiary/aromatic N) is 1. The Balaban J connectivity index is 2.08. The van der Waals surface area contributed by atoms with E-state index < -0.39 is 16.9 Å². The molecule has 0 bridgehead atoms. The number of benzene rings is 2. The van der Waals surface area contributed by atoms with E-state index in [2.05, 4.69) is 5.32 Å². The molecule has 1 atom stereocenters. The number of nitro benzene ring substituents is 1. The van der Waals surface area contributed by atoms with Gasteiger partial charge in [-0.2, -0.15) is 0 Å². The van der Waals surface area contributed by atoms with Crippen molar-refractivity contribution in [2.24, 2.45) is 0 Å². The second-order valence-electron chi connectivity index (χ2n) is 5.59. The Hall–Kier alpha value is -3.22. The highest BCUT2D eigenvalue weighted by molar-refractivity contribution is 5.95. The Morgan fingerprint density at radius 2 is 1.92 bits per heavy atom. The Kier molecular flexibility index (Phi) is 5.49. The molecule has 0 saturated carbocycles. The summed E-state index contributed by atoms with van der Waals surface area (Å²) in [7, 11) is 0. The quantitative estimate of drug-likeness (QED) is 0.492. The van der Waals surface area contributed by atoms with Crippen molar-refractivity contribution in [1.29, 1.82) is 0 Å². The molecule has 1 N–H and O–H groups in total. The van der Waals surface area contributed by atoms with Gasteiger partial charge in [-0.1, -0.05) is 18.2 Å². The zero-order valence-corrected chi connectivity index (χ0v) is 14.1. The van der Waals surface area contributed by atoms with Gasteiger partial charge in [0.25, 0.3) is 11.6 Å². The lowest BCUT2D eigenvalue weighted by molar-refractivity contribution is -0.385. The Labute approximate surface area is 144 Å². The zero-order chi connectivity index (χ0) is 18.6. The minimum Gasteiger partial charge on any atom is -0.481 e. The van der Waals surface area contributed by atoms with Gasteiger partial charge < -0.3 is 10.1 Å². The minimum absolute atomic E-state index is 0.0690. The van der Waals surface area contributed by atoms with Crippen molar-refractivity contribution in [2.75, 3.05) is 5.32 Å². The number of aryl methyl sites for hydroxylation is 1. The molecule has 0 fully saturated rings. The van der Waals surface area contributed by atoms with Crippen molar-refractivity contribution in [3.05, 3.63) is 63.7 Å². The summed E-state index contributed by atoms with van der Waals surface area (Å²) in [6, 6.07) is 11.0. The standard InChI is InChI=1S/C18H18N2O5/c1-11-7-8-15(10-17(11)20(23)24)19-18(22)13(3)25-16-6-4-5-14(9-16)12(2)21/h4-10,13H,1-3H3,(H,19,22). The van der Waals surface area contributed by atoms with Gasteiger partial charge in [0.2, 0.25) is 0 Å². The summed E-state index contributed by atoms with van der Waals surface area (Å²) >= 11 is 0. The second kappa shape index (κ2) is 7.57. The average molecular weight is 342 g/mol. The van der Waals surface area contributed by atoms with Crippen molar-refractivity contribution < 1.29 is 19.2 Å². The van der Waals surface area contributed by atoms with Crippen LogP contribution in [0.1, 0.15) is 29.8 Å². The summed E-state index contributed by atoms with van der Waals surface area (Å²) in [6.45, 7) is 4.62. The molecule has 0 saturated heterocycles. The van der Waals surface area contributed by atoms with Crippen molar-refractivity contribution in [3.63, 3.8) is 0 Å². The summed E-state index contributed by atoms with van der Waals surface area (Å²) in [6.07, 6.45) is -0.845. The van der Waals surface area contributed by atoms with Crippen LogP contribution in [0.25, 0.3) is 0 Å². The molecule has 0 aliphatic carbocycles. The third kappa shape index (κ3) is 4.63. The van der Waals surface area contributed by atoms with Crippen LogP contribution >= 0.6 is 0 Å². The van der Waals surface area contributed by atoms with E-state index in [1.165, 1.54) is 13.0 Å². The topological polar surface area (TPSA) is 98.5 Å². The first kappa shape index (κ1) is 18.1. The summed E-state index contributed by atoms with van der Waals surface area (Å²) in [5.41, 5.74) is 1.24. The molecule has 1 amide bonds. The minimum atomic E-state index is -0.845. The maximum absolute atomic E-state index is 12.2. The number of hydrogen-bond acceptors (Lipinski definition) is 5. The molecule has 7 heteroatoms. The molecule has 0 aromatic heterocycles. The predicted molar refractivity (Wildman–Crippen MR) is 93.0 cm³/mol. The molecular formula is C18H18N2O5. The van der Waals surface area contributed by atoms with E-state index in [-0.39, 0.29) is 11.5 Å². The van der Waals surface area contributed by atoms with E-state index in [0.717, 1.165) is 0 Å². The van der Waals surface area contributed by atoms with E-state index in [4.69, 9.17) is 4.74 Å². The molecule has 0 heterocycles. The van der Waals surface area contributed by atoms with Crippen LogP contribution in [-0.4, -0.2) is 22.7 Å². The number of nitrogens with one attached hydrogen (secondary N) is 1. The first-order valence-electron chi connectivity index (χ1n) is 7.61. The fraction of sp³-hybridized carbons (Fsp3) is 0.222. The summed E-state index contributed by atoms with van der Waals surface area (Å²) in [5.74, 6) is -0.161. The van der Waals surface area contributed by atoms with E-state index >= 15 is 0 Å². The lowest BCUT2D eigenvalue weighted by atomic mass is 10.1. The number of Topliss-reactive ketones (excluding diaryl/α,β-unsaturated/α-hetero) is 1. The van der Waals surface area contributed by atoms with E-state index in [1.54, 1.807) is 50.2 Å². The van der Waals surface area contributed by atoms with E-state index in [0.29, 0.717) is 22.6 Å². The van der Waals surface area contributed by atoms with Crippen molar-refractivity contribution in [2.45, 2.75) is 26.9 Å². The highest BCUT2D eigenvalue weighted by Gasteiger charge is 2.17. The van der Waals surface area contributed by atoms with Gasteiger partial charge in [0.1, 0.15) is 5.75 Å². The molecule has 2 aromatic carbocycles. The van der Waals surface area contributed by atoms with Gasteiger partial charge in [-0.05, 0) is 39.0 Å². The molecule has 2 aromatic rings. The molecule has 25 heavy (non-hydrogen) atoms. The molecule has 0 radical (unpaired) electrons. The van der Waals surface area contributed by atoms with Crippen LogP contribution in [0.5, 0.6) is 5.75 Å². The van der Waals surface area contributed by atoms with Crippen LogP contribution < -0.4 is 10.1 Å². The molecule has 0 aliphatic rings. The SMILES string of the molecule is CC(=O)c1cccc(OC(C)C(=O)Nc2ccc(C)c([N+](=O)[O-])c2)c1. The number of rotatable bonds is 6. The average Bonchev–Trinajstić information content (AvgIpc) is 2.56. The predicted octanol–water partition coefficient (Wildman–Crippen LogP) is 3.51. The lowest BCUT2D eigenvalue weighted by Crippen LogP contribution is -2.30. The summed E-state index contributed by atoms with van der Waals surface area (Å²) in [5, 5.41) is 13.5. The molecule has 0 spiro atoms. The van der Waals surface area contributed by atoms with Gasteiger partial charge in [0, 0.05) is 22.9 Å². The number of ether oxygens (including phenoxy) is 1. The Morgan fingerprint density at radius 1 is 1.20 bits per heavy atom. The van der Waals surface area contributed by atoms with Crippen LogP contribution in [0, 0.1) is 17.0 Å². The number of amides is 1. The highest BCUT2D eigenvalue weighted by Crippen LogP contribution is 2.23. The Bertz CT molecular complexity index is 832. The third-order valence-electron chi connectivity index (χ3n) is 3.60. The maximum atomic E-state index is 12.2. The zero-order valence-electron chi connectivity index (χ0n) is 14.1. The van der Waals surface area contributed by atoms with Crippen molar-refractivity contribution >= 4 is 23.1 Å². The monoisotopic (exact) mass is 342 g/mol. The number of hydrogen-bond donors (Lipinski definition) is 1. The van der Waals surface area contributed by atoms with Crippen LogP contribution in [0.3, 0.4) is 0 Å². The first-order valence-corrected chi connectivity index (χ1v) is 7.61. The van der Waals surface area contributed by atoms with Gasteiger partial charge in [-0.15, -0.1) is 0 Å². The van der Waals surface area contributed by atoms with Gasteiger partial charge in [0.05, 0.1) is 4.92 Å². The number of anilines is 1. The fourth-order valence-electron chi connectivity index (χ4n) is 2.17. The Morgan fingerprint density at radius 3 is 2.56 bits per heavy atom. The molecule has 1 unspecified atom stereocenters. The van der Waals surface area contributed by atoms with Gasteiger partial charge >= 0.3 is 0 Å². The second-order valence-corrected chi connectivity index (χ2v) is 5.59. The summed E-state index contributed by atoms with van der Waals surface area (Å²) < 4.78 is 5.54. The van der Waals surface area contributed by atoms with Crippen LogP contribution in [0.15, 0.2) is 42.5 Å². The normalized spacial score (nSPS) is 11.5. The maximum Gasteiger partial charge on any atom is 0.274 e. The van der Waals surface area contributed by atoms with Crippen LogP contribution in [0.4, 0.5) is 11.4 Å². The molecule has 2 rings (SSSR count). The lowest BCUT2D eigenvalue weighted by Gasteiger charge is -2.15. The van der Waals surface area contributed by atoms with E-state index in [9.17, 15) is 19.7 Å². The number of nitro groups is 1. The largest absolute Gasteiger partial charge is 0.481 e. The van der Waals surface area contributed by atoms with Crippen molar-refractivity contribution in [3.8, 4) is 5.75 Å². The van der Waals surface area contributed by atoms with Crippen molar-refractivity contribution in [1.82, 2.24) is 0 Å². The number of ketones is 1. The molecule has 0 aliphatic heterocycles. The van der Waals surface area contributed by atoms with E-state index in [1.807, 2.05) is 0 Å². The molecule has 130 valence electrons. The first-order chi connectivity index (χ1) is 11.8.